The lowest BCUT2D eigenvalue weighted by Gasteiger charge is -2.05. The van der Waals surface area contributed by atoms with E-state index in [2.05, 4.69) is 10.2 Å². The van der Waals surface area contributed by atoms with Gasteiger partial charge in [-0.15, -0.1) is 10.2 Å². The Bertz CT molecular complexity index is 341. The van der Waals surface area contributed by atoms with Crippen LogP contribution in [0.25, 0.3) is 0 Å². The van der Waals surface area contributed by atoms with Crippen LogP contribution in [0.1, 0.15) is 0 Å². The van der Waals surface area contributed by atoms with Gasteiger partial charge in [-0.05, 0) is 0 Å². The highest BCUT2D eigenvalue weighted by molar-refractivity contribution is 7.99. The Labute approximate surface area is 90.6 Å². The molecular weight excluding hydrogens is 220 g/mol. The fraction of sp³-hybridized carbons (Fsp3) is 0.571. The van der Waals surface area contributed by atoms with E-state index in [1.165, 1.54) is 0 Å². The van der Waals surface area contributed by atoms with Crippen LogP contribution in [0.4, 0.5) is 5.95 Å². The van der Waals surface area contributed by atoms with Crippen LogP contribution in [-0.4, -0.2) is 45.3 Å². The second kappa shape index (κ2) is 5.56. The van der Waals surface area contributed by atoms with Crippen LogP contribution >= 0.6 is 11.8 Å². The van der Waals surface area contributed by atoms with Gasteiger partial charge < -0.3 is 15.6 Å². The summed E-state index contributed by atoms with van der Waals surface area (Å²) >= 11 is 1.08. The van der Waals surface area contributed by atoms with Crippen molar-refractivity contribution >= 4 is 23.7 Å². The first-order chi connectivity index (χ1) is 7.15. The maximum atomic E-state index is 10.4. The van der Waals surface area contributed by atoms with E-state index in [1.807, 2.05) is 0 Å². The number of thioether (sulfide) groups is 1. The number of nitrogens with two attached hydrogens (primary N) is 1. The zero-order valence-electron chi connectivity index (χ0n) is 8.21. The molecule has 0 bridgehead atoms. The molecule has 0 amide bonds. The van der Waals surface area contributed by atoms with Gasteiger partial charge in [0.25, 0.3) is 0 Å². The molecule has 0 atom stereocenters. The molecule has 84 valence electrons. The highest BCUT2D eigenvalue weighted by Gasteiger charge is 2.11. The quantitative estimate of drug-likeness (QED) is 0.648. The van der Waals surface area contributed by atoms with Crippen LogP contribution in [-0.2, 0) is 16.1 Å². The Morgan fingerprint density at radius 1 is 1.67 bits per heavy atom. The van der Waals surface area contributed by atoms with Crippen molar-refractivity contribution in [2.24, 2.45) is 0 Å². The van der Waals surface area contributed by atoms with E-state index in [0.717, 1.165) is 11.8 Å². The van der Waals surface area contributed by atoms with Crippen molar-refractivity contribution in [3.63, 3.8) is 0 Å². The van der Waals surface area contributed by atoms with Crippen molar-refractivity contribution in [1.82, 2.24) is 14.8 Å². The van der Waals surface area contributed by atoms with Crippen LogP contribution in [0.2, 0.25) is 0 Å². The molecule has 0 saturated carbocycles. The molecule has 3 N–H and O–H groups in total. The van der Waals surface area contributed by atoms with Crippen molar-refractivity contribution < 1.29 is 14.6 Å². The molecule has 0 unspecified atom stereocenters. The molecule has 0 saturated heterocycles. The minimum atomic E-state index is -0.903. The predicted molar refractivity (Wildman–Crippen MR) is 54.7 cm³/mol. The predicted octanol–water partition coefficient (Wildman–Crippen LogP) is -0.317. The number of hydrogen-bond acceptors (Lipinski definition) is 6. The van der Waals surface area contributed by atoms with E-state index >= 15 is 0 Å². The van der Waals surface area contributed by atoms with Crippen LogP contribution < -0.4 is 5.73 Å². The monoisotopic (exact) mass is 232 g/mol. The zero-order valence-corrected chi connectivity index (χ0v) is 9.03. The van der Waals surface area contributed by atoms with Gasteiger partial charge >= 0.3 is 5.97 Å². The fourth-order valence-electron chi connectivity index (χ4n) is 0.926. The number of carboxylic acid groups (broad SMARTS) is 1. The lowest BCUT2D eigenvalue weighted by molar-refractivity contribution is -0.133. The summed E-state index contributed by atoms with van der Waals surface area (Å²) in [7, 11) is 1.57. The van der Waals surface area contributed by atoms with Crippen molar-refractivity contribution in [2.75, 3.05) is 25.2 Å². The summed E-state index contributed by atoms with van der Waals surface area (Å²) in [6, 6.07) is 0. The Morgan fingerprint density at radius 2 is 2.40 bits per heavy atom. The van der Waals surface area contributed by atoms with Gasteiger partial charge in [0, 0.05) is 7.11 Å². The molecule has 1 heterocycles. The normalized spacial score (nSPS) is 10.5. The standard InChI is InChI=1S/C7H12N4O3S/c1-14-3-2-11-6(8)9-10-7(11)15-4-5(12)13/h2-4H2,1H3,(H2,8,9)(H,12,13). The second-order valence-corrected chi connectivity index (χ2v) is 3.61. The topological polar surface area (TPSA) is 103 Å². The van der Waals surface area contributed by atoms with Crippen molar-refractivity contribution in [3.05, 3.63) is 0 Å². The molecule has 0 aliphatic heterocycles. The number of ether oxygens (including phenoxy) is 1. The molecule has 1 aromatic heterocycles. The summed E-state index contributed by atoms with van der Waals surface area (Å²) in [6.45, 7) is 0.986. The summed E-state index contributed by atoms with van der Waals surface area (Å²) < 4.78 is 6.52. The van der Waals surface area contributed by atoms with E-state index < -0.39 is 5.97 Å². The lowest BCUT2D eigenvalue weighted by atomic mass is 10.6. The first-order valence-corrected chi connectivity index (χ1v) is 5.16. The number of nitrogen functional groups attached to an aromatic ring is 1. The van der Waals surface area contributed by atoms with Gasteiger partial charge in [-0.1, -0.05) is 11.8 Å². The Balaban J connectivity index is 2.65. The van der Waals surface area contributed by atoms with Crippen LogP contribution in [0.15, 0.2) is 5.16 Å². The van der Waals surface area contributed by atoms with Crippen molar-refractivity contribution in [1.29, 1.82) is 0 Å². The number of anilines is 1. The molecule has 1 rings (SSSR count). The van der Waals surface area contributed by atoms with Crippen molar-refractivity contribution in [3.8, 4) is 0 Å². The van der Waals surface area contributed by atoms with Crippen LogP contribution in [0, 0.1) is 0 Å². The van der Waals surface area contributed by atoms with Gasteiger partial charge in [0.05, 0.1) is 18.9 Å². The van der Waals surface area contributed by atoms with Gasteiger partial charge in [-0.25, -0.2) is 0 Å². The fourth-order valence-corrected chi connectivity index (χ4v) is 1.62. The summed E-state index contributed by atoms with van der Waals surface area (Å²) in [5.74, 6) is -0.703. The Kier molecular flexibility index (Phi) is 4.37. The third-order valence-corrected chi connectivity index (χ3v) is 2.54. The maximum Gasteiger partial charge on any atom is 0.313 e. The molecule has 0 spiro atoms. The largest absolute Gasteiger partial charge is 0.481 e. The average molecular weight is 232 g/mol. The van der Waals surface area contributed by atoms with Crippen LogP contribution in [0.5, 0.6) is 0 Å². The van der Waals surface area contributed by atoms with E-state index in [-0.39, 0.29) is 11.7 Å². The van der Waals surface area contributed by atoms with Crippen LogP contribution in [0.3, 0.4) is 0 Å². The molecule has 8 heteroatoms. The molecule has 7 nitrogen and oxygen atoms in total. The van der Waals surface area contributed by atoms with Crippen molar-refractivity contribution in [2.45, 2.75) is 11.7 Å². The van der Waals surface area contributed by atoms with Gasteiger partial charge in [-0.2, -0.15) is 0 Å². The zero-order chi connectivity index (χ0) is 11.3. The van der Waals surface area contributed by atoms with Gasteiger partial charge in [0.2, 0.25) is 5.95 Å². The molecule has 1 aromatic rings. The molecular formula is C7H12N4O3S. The molecule has 0 fully saturated rings. The summed E-state index contributed by atoms with van der Waals surface area (Å²) in [4.78, 5) is 10.4. The van der Waals surface area contributed by atoms with E-state index in [1.54, 1.807) is 11.7 Å². The molecule has 0 radical (unpaired) electrons. The first kappa shape index (κ1) is 11.8. The summed E-state index contributed by atoms with van der Waals surface area (Å²) in [5, 5.41) is 16.4. The van der Waals surface area contributed by atoms with Gasteiger partial charge in [0.1, 0.15) is 0 Å². The highest BCUT2D eigenvalue weighted by Crippen LogP contribution is 2.17. The number of hydrogen-bond donors (Lipinski definition) is 2. The minimum absolute atomic E-state index is 0.0644. The molecule has 0 aliphatic carbocycles. The number of carbonyl (C=O) groups is 1. The number of aromatic nitrogens is 3. The van der Waals surface area contributed by atoms with E-state index in [9.17, 15) is 4.79 Å². The third kappa shape index (κ3) is 3.40. The first-order valence-electron chi connectivity index (χ1n) is 4.17. The highest BCUT2D eigenvalue weighted by atomic mass is 32.2. The molecule has 0 aromatic carbocycles. The van der Waals surface area contributed by atoms with E-state index in [4.69, 9.17) is 15.6 Å². The summed E-state index contributed by atoms with van der Waals surface area (Å²) in [5.41, 5.74) is 5.56. The molecule has 15 heavy (non-hydrogen) atoms. The average Bonchev–Trinajstić information content (AvgIpc) is 2.53. The molecule has 0 aliphatic rings. The smallest absolute Gasteiger partial charge is 0.313 e. The minimum Gasteiger partial charge on any atom is -0.481 e. The Morgan fingerprint density at radius 3 is 3.00 bits per heavy atom. The third-order valence-electron chi connectivity index (χ3n) is 1.59. The number of carboxylic acids is 1. The van der Waals surface area contributed by atoms with E-state index in [0.29, 0.717) is 18.3 Å². The second-order valence-electron chi connectivity index (χ2n) is 2.67. The number of methoxy groups -OCH3 is 1. The SMILES string of the molecule is COCCn1c(N)nnc1SCC(=O)O. The van der Waals surface area contributed by atoms with Gasteiger partial charge in [-0.3, -0.25) is 9.36 Å². The van der Waals surface area contributed by atoms with Gasteiger partial charge in [0.15, 0.2) is 5.16 Å². The maximum absolute atomic E-state index is 10.4. The summed E-state index contributed by atoms with van der Waals surface area (Å²) in [6.07, 6.45) is 0. The number of nitrogens with zero attached hydrogens (tertiary/aromatic N) is 3. The number of rotatable bonds is 6. The Hall–Kier alpha value is -1.28. The number of aliphatic carboxylic acids is 1. The lowest BCUT2D eigenvalue weighted by Crippen LogP contribution is -2.10.